The summed E-state index contributed by atoms with van der Waals surface area (Å²) >= 11 is 0. The third-order valence-corrected chi connectivity index (χ3v) is 3.32. The number of nitrogens with zero attached hydrogens (tertiary/aromatic N) is 1. The van der Waals surface area contributed by atoms with Gasteiger partial charge in [0.1, 0.15) is 5.60 Å². The molecule has 1 aliphatic heterocycles. The van der Waals surface area contributed by atoms with E-state index in [9.17, 15) is 9.59 Å². The molecule has 8 nitrogen and oxygen atoms in total. The molecule has 0 spiro atoms. The zero-order valence-electron chi connectivity index (χ0n) is 15.0. The standard InChI is InChI=1S/C16H31N3O5/c1-16(2,3)24-15(21)18-7-8-19(12-13(17)20)9-11-23-14-6-4-5-10-22-14/h14H,4-12H2,1-3H3,(H2,17,20)(H,18,21). The van der Waals surface area contributed by atoms with Gasteiger partial charge in [0.15, 0.2) is 6.29 Å². The van der Waals surface area contributed by atoms with Crippen LogP contribution in [0.5, 0.6) is 0 Å². The molecule has 0 aromatic rings. The van der Waals surface area contributed by atoms with Crippen LogP contribution in [0.4, 0.5) is 4.79 Å². The third kappa shape index (κ3) is 10.4. The minimum Gasteiger partial charge on any atom is -0.444 e. The fourth-order valence-electron chi connectivity index (χ4n) is 2.28. The lowest BCUT2D eigenvalue weighted by molar-refractivity contribution is -0.164. The number of amides is 2. The first-order chi connectivity index (χ1) is 11.3. The number of alkyl carbamates (subject to hydrolysis) is 1. The average Bonchev–Trinajstić information content (AvgIpc) is 2.45. The van der Waals surface area contributed by atoms with E-state index >= 15 is 0 Å². The lowest BCUT2D eigenvalue weighted by Crippen LogP contribution is -2.42. The van der Waals surface area contributed by atoms with Crippen LogP contribution < -0.4 is 11.1 Å². The highest BCUT2D eigenvalue weighted by Crippen LogP contribution is 2.13. The summed E-state index contributed by atoms with van der Waals surface area (Å²) in [7, 11) is 0. The van der Waals surface area contributed by atoms with Gasteiger partial charge in [0.05, 0.1) is 13.2 Å². The Labute approximate surface area is 144 Å². The Kier molecular flexibility index (Phi) is 9.02. The smallest absolute Gasteiger partial charge is 0.407 e. The van der Waals surface area contributed by atoms with Crippen molar-refractivity contribution in [1.82, 2.24) is 10.2 Å². The van der Waals surface area contributed by atoms with Gasteiger partial charge < -0.3 is 25.3 Å². The highest BCUT2D eigenvalue weighted by atomic mass is 16.7. The summed E-state index contributed by atoms with van der Waals surface area (Å²) < 4.78 is 16.3. The Morgan fingerprint density at radius 3 is 2.62 bits per heavy atom. The summed E-state index contributed by atoms with van der Waals surface area (Å²) in [5, 5.41) is 2.66. The summed E-state index contributed by atoms with van der Waals surface area (Å²) in [5.74, 6) is -0.416. The van der Waals surface area contributed by atoms with Crippen molar-refractivity contribution in [2.45, 2.75) is 51.9 Å². The molecule has 2 amide bonds. The number of nitrogens with two attached hydrogens (primary N) is 1. The van der Waals surface area contributed by atoms with Crippen LogP contribution in [0.25, 0.3) is 0 Å². The van der Waals surface area contributed by atoms with Gasteiger partial charge in [-0.1, -0.05) is 0 Å². The van der Waals surface area contributed by atoms with Crippen LogP contribution in [0.3, 0.4) is 0 Å². The van der Waals surface area contributed by atoms with Gasteiger partial charge in [-0.2, -0.15) is 0 Å². The Hall–Kier alpha value is -1.38. The SMILES string of the molecule is CC(C)(C)OC(=O)NCCN(CCOC1CCCCO1)CC(N)=O. The first-order valence-electron chi connectivity index (χ1n) is 8.47. The van der Waals surface area contributed by atoms with Crippen LogP contribution in [-0.2, 0) is 19.0 Å². The van der Waals surface area contributed by atoms with E-state index in [-0.39, 0.29) is 12.8 Å². The first kappa shape index (κ1) is 20.7. The fraction of sp³-hybridized carbons (Fsp3) is 0.875. The molecule has 3 N–H and O–H groups in total. The number of primary amides is 1. The molecule has 1 heterocycles. The number of carbonyl (C=O) groups excluding carboxylic acids is 2. The van der Waals surface area contributed by atoms with Gasteiger partial charge >= 0.3 is 6.09 Å². The molecule has 8 heteroatoms. The van der Waals surface area contributed by atoms with Crippen molar-refractivity contribution in [3.63, 3.8) is 0 Å². The number of ether oxygens (including phenoxy) is 3. The summed E-state index contributed by atoms with van der Waals surface area (Å²) in [6.07, 6.45) is 2.44. The zero-order valence-corrected chi connectivity index (χ0v) is 15.0. The van der Waals surface area contributed by atoms with Crippen LogP contribution in [-0.4, -0.2) is 68.2 Å². The largest absolute Gasteiger partial charge is 0.444 e. The molecule has 0 bridgehead atoms. The summed E-state index contributed by atoms with van der Waals surface area (Å²) in [5.41, 5.74) is 4.73. The maximum absolute atomic E-state index is 11.6. The van der Waals surface area contributed by atoms with E-state index in [0.29, 0.717) is 26.2 Å². The molecule has 0 radical (unpaired) electrons. The molecule has 1 rings (SSSR count). The van der Waals surface area contributed by atoms with Gasteiger partial charge in [0.2, 0.25) is 5.91 Å². The molecule has 0 aromatic heterocycles. The van der Waals surface area contributed by atoms with Gasteiger partial charge in [-0.05, 0) is 40.0 Å². The second-order valence-corrected chi connectivity index (χ2v) is 6.84. The quantitative estimate of drug-likeness (QED) is 0.642. The van der Waals surface area contributed by atoms with E-state index in [1.165, 1.54) is 0 Å². The number of hydrogen-bond donors (Lipinski definition) is 2. The lowest BCUT2D eigenvalue weighted by atomic mass is 10.2. The lowest BCUT2D eigenvalue weighted by Gasteiger charge is -2.25. The predicted molar refractivity (Wildman–Crippen MR) is 89.4 cm³/mol. The van der Waals surface area contributed by atoms with E-state index in [1.807, 2.05) is 4.90 Å². The highest BCUT2D eigenvalue weighted by molar-refractivity contribution is 5.75. The van der Waals surface area contributed by atoms with Crippen molar-refractivity contribution >= 4 is 12.0 Å². The second kappa shape index (κ2) is 10.5. The average molecular weight is 345 g/mol. The molecule has 0 aromatic carbocycles. The van der Waals surface area contributed by atoms with Crippen molar-refractivity contribution in [1.29, 1.82) is 0 Å². The van der Waals surface area contributed by atoms with Crippen molar-refractivity contribution in [2.75, 3.05) is 39.4 Å². The molecule has 1 aliphatic rings. The van der Waals surface area contributed by atoms with Gasteiger partial charge in [0.25, 0.3) is 0 Å². The molecule has 1 atom stereocenters. The van der Waals surface area contributed by atoms with E-state index in [4.69, 9.17) is 19.9 Å². The maximum atomic E-state index is 11.6. The van der Waals surface area contributed by atoms with Crippen molar-refractivity contribution in [3.05, 3.63) is 0 Å². The highest BCUT2D eigenvalue weighted by Gasteiger charge is 2.17. The molecule has 1 fully saturated rings. The van der Waals surface area contributed by atoms with E-state index in [2.05, 4.69) is 5.32 Å². The Balaban J connectivity index is 2.25. The molecular formula is C16H31N3O5. The Bertz CT molecular complexity index is 392. The monoisotopic (exact) mass is 345 g/mol. The topological polar surface area (TPSA) is 103 Å². The molecular weight excluding hydrogens is 314 g/mol. The molecule has 24 heavy (non-hydrogen) atoms. The number of carbonyl (C=O) groups is 2. The Morgan fingerprint density at radius 2 is 2.04 bits per heavy atom. The fourth-order valence-corrected chi connectivity index (χ4v) is 2.28. The second-order valence-electron chi connectivity index (χ2n) is 6.84. The van der Waals surface area contributed by atoms with Crippen molar-refractivity contribution in [2.24, 2.45) is 5.73 Å². The maximum Gasteiger partial charge on any atom is 0.407 e. The van der Waals surface area contributed by atoms with Gasteiger partial charge in [-0.3, -0.25) is 9.69 Å². The minimum atomic E-state index is -0.537. The summed E-state index contributed by atoms with van der Waals surface area (Å²) in [6.45, 7) is 8.09. The van der Waals surface area contributed by atoms with Crippen LogP contribution >= 0.6 is 0 Å². The van der Waals surface area contributed by atoms with Crippen LogP contribution in [0, 0.1) is 0 Å². The number of rotatable bonds is 9. The van der Waals surface area contributed by atoms with Crippen molar-refractivity contribution < 1.29 is 23.8 Å². The molecule has 0 saturated carbocycles. The van der Waals surface area contributed by atoms with E-state index in [1.54, 1.807) is 20.8 Å². The van der Waals surface area contributed by atoms with Crippen molar-refractivity contribution in [3.8, 4) is 0 Å². The molecule has 0 aliphatic carbocycles. The van der Waals surface area contributed by atoms with E-state index < -0.39 is 17.6 Å². The number of nitrogens with one attached hydrogen (secondary N) is 1. The summed E-state index contributed by atoms with van der Waals surface area (Å²) in [4.78, 5) is 24.6. The minimum absolute atomic E-state index is 0.116. The van der Waals surface area contributed by atoms with Crippen LogP contribution in [0.2, 0.25) is 0 Å². The zero-order chi connectivity index (χ0) is 18.0. The Morgan fingerprint density at radius 1 is 1.29 bits per heavy atom. The molecule has 1 saturated heterocycles. The van der Waals surface area contributed by atoms with E-state index in [0.717, 1.165) is 25.9 Å². The predicted octanol–water partition coefficient (Wildman–Crippen LogP) is 0.842. The van der Waals surface area contributed by atoms with Gasteiger partial charge in [-0.15, -0.1) is 0 Å². The summed E-state index contributed by atoms with van der Waals surface area (Å²) in [6, 6.07) is 0. The third-order valence-electron chi connectivity index (χ3n) is 3.32. The number of hydrogen-bond acceptors (Lipinski definition) is 6. The molecule has 140 valence electrons. The first-order valence-corrected chi connectivity index (χ1v) is 8.47. The van der Waals surface area contributed by atoms with Gasteiger partial charge in [-0.25, -0.2) is 4.79 Å². The van der Waals surface area contributed by atoms with Gasteiger partial charge in [0, 0.05) is 26.2 Å². The normalized spacial score (nSPS) is 18.4. The van der Waals surface area contributed by atoms with Crippen LogP contribution in [0.1, 0.15) is 40.0 Å². The van der Waals surface area contributed by atoms with Crippen LogP contribution in [0.15, 0.2) is 0 Å². The molecule has 1 unspecified atom stereocenters.